The first-order valence-electron chi connectivity index (χ1n) is 7.46. The van der Waals surface area contributed by atoms with Gasteiger partial charge in [0.2, 0.25) is 11.6 Å². The molecule has 0 heterocycles. The van der Waals surface area contributed by atoms with Gasteiger partial charge >= 0.3 is 0 Å². The molecule has 0 bridgehead atoms. The van der Waals surface area contributed by atoms with Gasteiger partial charge in [0.05, 0.1) is 11.1 Å². The van der Waals surface area contributed by atoms with Crippen LogP contribution in [0.15, 0.2) is 0 Å². The van der Waals surface area contributed by atoms with Crippen LogP contribution in [0.1, 0.15) is 17.2 Å². The van der Waals surface area contributed by atoms with Crippen molar-refractivity contribution in [1.82, 2.24) is 0 Å². The van der Waals surface area contributed by atoms with Crippen LogP contribution in [0.5, 0.6) is 0 Å². The lowest BCUT2D eigenvalue weighted by molar-refractivity contribution is 0.187. The molecule has 2 aromatic carbocycles. The third-order valence-electron chi connectivity index (χ3n) is 3.03. The summed E-state index contributed by atoms with van der Waals surface area (Å²) in [5.74, 6) is -19.4. The van der Waals surface area contributed by atoms with Crippen LogP contribution in [-0.4, -0.2) is 19.3 Å². The van der Waals surface area contributed by atoms with Crippen molar-refractivity contribution in [1.29, 1.82) is 0 Å². The lowest BCUT2D eigenvalue weighted by atomic mass is 9.98. The van der Waals surface area contributed by atoms with Gasteiger partial charge in [-0.25, -0.2) is 43.9 Å². The van der Waals surface area contributed by atoms with Gasteiger partial charge in [-0.2, -0.15) is 0 Å². The van der Waals surface area contributed by atoms with Crippen LogP contribution in [0.25, 0.3) is 0 Å². The number of hydrogen-bond acceptors (Lipinski definition) is 1. The number of hydrogen-bond donors (Lipinski definition) is 1. The normalized spacial score (nSPS) is 10.8. The Bertz CT molecular complexity index is 770. The Labute approximate surface area is 156 Å². The maximum absolute atomic E-state index is 13.5. The maximum Gasteiger partial charge on any atom is 0.251 e. The minimum absolute atomic E-state index is 0.139. The largest absolute Gasteiger partial charge is 0.383 e. The van der Waals surface area contributed by atoms with Crippen LogP contribution in [0.4, 0.5) is 43.9 Å². The highest BCUT2D eigenvalue weighted by Gasteiger charge is 2.36. The molecule has 0 aromatic heterocycles. The molecule has 1 N–H and O–H groups in total. The molecule has 154 valence electrons. The fourth-order valence-corrected chi connectivity index (χ4v) is 1.87. The molecule has 0 radical (unpaired) electrons. The Balaban J connectivity index is 0.000000892. The number of halogens is 10. The summed E-state index contributed by atoms with van der Waals surface area (Å²) < 4.78 is 132. The fourth-order valence-electron chi connectivity index (χ4n) is 1.87. The molecule has 12 heteroatoms. The first-order valence-corrected chi connectivity index (χ1v) is 10.9. The van der Waals surface area contributed by atoms with Gasteiger partial charge in [0.1, 0.15) is 6.10 Å². The Morgan fingerprint density at radius 1 is 0.464 bits per heavy atom. The highest BCUT2D eigenvalue weighted by atomic mass is 27.2. The molecule has 0 aliphatic heterocycles. The van der Waals surface area contributed by atoms with E-state index in [1.54, 1.807) is 0 Å². The van der Waals surface area contributed by atoms with Gasteiger partial charge in [-0.3, -0.25) is 0 Å². The average Bonchev–Trinajstić information content (AvgIpc) is 2.61. The van der Waals surface area contributed by atoms with Gasteiger partial charge < -0.3 is 5.11 Å². The smallest absolute Gasteiger partial charge is 0.251 e. The summed E-state index contributed by atoms with van der Waals surface area (Å²) in [4.78, 5) is 0. The molecule has 1 nitrogen and oxygen atoms in total. The van der Waals surface area contributed by atoms with E-state index in [9.17, 15) is 49.0 Å². The summed E-state index contributed by atoms with van der Waals surface area (Å²) in [7, 11) is 0. The third-order valence-corrected chi connectivity index (χ3v) is 3.03. The maximum atomic E-state index is 13.5. The molecule has 0 aliphatic carbocycles. The van der Waals surface area contributed by atoms with E-state index in [0.29, 0.717) is 0 Å². The number of aliphatic hydroxyl groups is 1. The van der Waals surface area contributed by atoms with Gasteiger partial charge in [-0.15, -0.1) is 17.4 Å². The number of aliphatic hydroxyl groups excluding tert-OH is 1. The first kappa shape index (κ1) is 24.3. The van der Waals surface area contributed by atoms with E-state index >= 15 is 0 Å². The molecule has 0 saturated carbocycles. The van der Waals surface area contributed by atoms with E-state index in [1.165, 1.54) is 0 Å². The summed E-state index contributed by atoms with van der Waals surface area (Å²) in [6, 6.07) is 0. The van der Waals surface area contributed by atoms with Crippen molar-refractivity contribution in [3.05, 3.63) is 69.3 Å². The van der Waals surface area contributed by atoms with Crippen LogP contribution in [0.3, 0.4) is 0 Å². The molecule has 0 saturated heterocycles. The van der Waals surface area contributed by atoms with E-state index in [0.717, 1.165) is 0 Å². The van der Waals surface area contributed by atoms with Crippen LogP contribution in [-0.2, 0) is 0 Å². The van der Waals surface area contributed by atoms with Crippen molar-refractivity contribution in [2.45, 2.75) is 23.5 Å². The lowest BCUT2D eigenvalue weighted by Gasteiger charge is -2.17. The highest BCUT2D eigenvalue weighted by Crippen LogP contribution is 2.35. The topological polar surface area (TPSA) is 20.2 Å². The molecule has 0 aliphatic rings. The predicted octanol–water partition coefficient (Wildman–Crippen LogP) is 5.53. The average molecular weight is 436 g/mol. The zero-order valence-corrected chi connectivity index (χ0v) is 15.5. The second-order valence-corrected chi connectivity index (χ2v) is 9.57. The van der Waals surface area contributed by atoms with Crippen molar-refractivity contribution < 1.29 is 49.0 Å². The van der Waals surface area contributed by atoms with Gasteiger partial charge in [0.25, 0.3) is 14.1 Å². The van der Waals surface area contributed by atoms with Crippen LogP contribution in [0.2, 0.25) is 17.4 Å². The Morgan fingerprint density at radius 2 is 0.607 bits per heavy atom. The SMILES string of the molecule is OC(c1c(F)c(F)c(F)c(F)c1F)c1c(F)c(F)c(F)c(F)c1F.[CH3][Al]([CH3])[CH3]. The molecular formula is C16H11AlF10O. The molecule has 28 heavy (non-hydrogen) atoms. The monoisotopic (exact) mass is 436 g/mol. The van der Waals surface area contributed by atoms with Crippen molar-refractivity contribution in [2.75, 3.05) is 0 Å². The standard InChI is InChI=1S/C13H2F10O.3CH3.Al/c14-3-1(4(15)8(19)11(22)7(3)18)13(24)2-5(16)9(20)12(23)10(21)6(2)17;;;;/h13,24H;3*1H3;. The second kappa shape index (κ2) is 9.15. The molecule has 0 unspecified atom stereocenters. The second-order valence-electron chi connectivity index (χ2n) is 6.10. The van der Waals surface area contributed by atoms with E-state index in [4.69, 9.17) is 0 Å². The van der Waals surface area contributed by atoms with Crippen LogP contribution in [0, 0.1) is 58.2 Å². The van der Waals surface area contributed by atoms with Crippen LogP contribution >= 0.6 is 0 Å². The van der Waals surface area contributed by atoms with Gasteiger partial charge in [-0.05, 0) is 0 Å². The van der Waals surface area contributed by atoms with Crippen molar-refractivity contribution in [3.8, 4) is 0 Å². The Hall–Kier alpha value is -1.77. The summed E-state index contributed by atoms with van der Waals surface area (Å²) >= 11 is -0.139. The molecular weight excluding hydrogens is 425 g/mol. The fraction of sp³-hybridized carbons (Fsp3) is 0.250. The summed E-state index contributed by atoms with van der Waals surface area (Å²) in [6.45, 7) is 0. The zero-order valence-electron chi connectivity index (χ0n) is 14.4. The lowest BCUT2D eigenvalue weighted by Crippen LogP contribution is -2.17. The van der Waals surface area contributed by atoms with E-state index in [2.05, 4.69) is 17.4 Å². The van der Waals surface area contributed by atoms with Crippen molar-refractivity contribution in [3.63, 3.8) is 0 Å². The molecule has 0 spiro atoms. The van der Waals surface area contributed by atoms with Crippen molar-refractivity contribution in [2.24, 2.45) is 0 Å². The predicted molar refractivity (Wildman–Crippen MR) is 79.9 cm³/mol. The minimum Gasteiger partial charge on any atom is -0.383 e. The Morgan fingerprint density at radius 3 is 0.786 bits per heavy atom. The summed E-state index contributed by atoms with van der Waals surface area (Å²) in [5, 5.41) is 9.52. The van der Waals surface area contributed by atoms with Gasteiger partial charge in [0.15, 0.2) is 46.5 Å². The van der Waals surface area contributed by atoms with E-state index < -0.39 is 75.4 Å². The van der Waals surface area contributed by atoms with Crippen molar-refractivity contribution >= 4 is 14.1 Å². The molecule has 0 amide bonds. The number of benzene rings is 2. The molecule has 0 fully saturated rings. The minimum atomic E-state index is -3.36. The number of rotatable bonds is 2. The van der Waals surface area contributed by atoms with E-state index in [-0.39, 0.29) is 14.1 Å². The van der Waals surface area contributed by atoms with Crippen LogP contribution < -0.4 is 0 Å². The molecule has 0 atom stereocenters. The summed E-state index contributed by atoms with van der Waals surface area (Å²) in [5.41, 5.74) is -4.34. The quantitative estimate of drug-likeness (QED) is 0.284. The third kappa shape index (κ3) is 4.45. The highest BCUT2D eigenvalue weighted by molar-refractivity contribution is 6.54. The molecule has 2 rings (SSSR count). The van der Waals surface area contributed by atoms with E-state index in [1.807, 2.05) is 0 Å². The Kier molecular flexibility index (Phi) is 7.93. The zero-order chi connectivity index (χ0) is 22.1. The summed E-state index contributed by atoms with van der Waals surface area (Å²) in [6.07, 6.45) is -3.36. The first-order chi connectivity index (χ1) is 12.7. The van der Waals surface area contributed by atoms with Gasteiger partial charge in [0, 0.05) is 0 Å². The molecule has 2 aromatic rings. The van der Waals surface area contributed by atoms with Gasteiger partial charge in [-0.1, -0.05) is 0 Å².